The molecule has 0 atom stereocenters. The van der Waals surface area contributed by atoms with Crippen LogP contribution in [0.4, 0.5) is 18.9 Å². The van der Waals surface area contributed by atoms with Crippen LogP contribution in [0.25, 0.3) is 0 Å². The monoisotopic (exact) mass is 233 g/mol. The summed E-state index contributed by atoms with van der Waals surface area (Å²) < 4.78 is 37.2. The first kappa shape index (κ1) is 12.8. The molecule has 1 N–H and O–H groups in total. The maximum absolute atomic E-state index is 12.4. The van der Waals surface area contributed by atoms with E-state index in [1.807, 2.05) is 0 Å². The quantitative estimate of drug-likeness (QED) is 0.858. The van der Waals surface area contributed by atoms with Crippen molar-refractivity contribution in [2.24, 2.45) is 0 Å². The summed E-state index contributed by atoms with van der Waals surface area (Å²) in [7, 11) is 3.54. The summed E-state index contributed by atoms with van der Waals surface area (Å²) in [6.07, 6.45) is -3.21. The van der Waals surface area contributed by atoms with Crippen LogP contribution in [-0.4, -0.2) is 32.2 Å². The molecule has 0 aliphatic rings. The van der Waals surface area contributed by atoms with Crippen LogP contribution in [0.3, 0.4) is 0 Å². The zero-order chi connectivity index (χ0) is 12.2. The van der Waals surface area contributed by atoms with Crippen molar-refractivity contribution in [3.63, 3.8) is 0 Å². The van der Waals surface area contributed by atoms with Crippen molar-refractivity contribution in [3.05, 3.63) is 24.0 Å². The standard InChI is InChI=1S/C10H14F3N3/c1-14-5-6-16(2)8-3-4-15-9(7-8)10(11,12)13/h3-4,7,14H,5-6H2,1-2H3. The minimum Gasteiger partial charge on any atom is -0.373 e. The Hall–Kier alpha value is -1.30. The van der Waals surface area contributed by atoms with Gasteiger partial charge in [-0.3, -0.25) is 4.98 Å². The molecule has 0 saturated carbocycles. The lowest BCUT2D eigenvalue weighted by molar-refractivity contribution is -0.141. The van der Waals surface area contributed by atoms with Gasteiger partial charge in [0.2, 0.25) is 0 Å². The lowest BCUT2D eigenvalue weighted by Crippen LogP contribution is -2.27. The average Bonchev–Trinajstić information content (AvgIpc) is 2.25. The van der Waals surface area contributed by atoms with Gasteiger partial charge in [0.05, 0.1) is 0 Å². The van der Waals surface area contributed by atoms with Crippen LogP contribution in [0.1, 0.15) is 5.69 Å². The van der Waals surface area contributed by atoms with Crippen LogP contribution in [0.5, 0.6) is 0 Å². The smallest absolute Gasteiger partial charge is 0.373 e. The Labute approximate surface area is 92.3 Å². The van der Waals surface area contributed by atoms with E-state index in [0.29, 0.717) is 18.8 Å². The van der Waals surface area contributed by atoms with Crippen molar-refractivity contribution in [1.82, 2.24) is 10.3 Å². The van der Waals surface area contributed by atoms with Crippen molar-refractivity contribution < 1.29 is 13.2 Å². The largest absolute Gasteiger partial charge is 0.433 e. The molecule has 3 nitrogen and oxygen atoms in total. The van der Waals surface area contributed by atoms with Gasteiger partial charge < -0.3 is 10.2 Å². The van der Waals surface area contributed by atoms with Gasteiger partial charge in [0.25, 0.3) is 0 Å². The van der Waals surface area contributed by atoms with Gasteiger partial charge in [0.15, 0.2) is 0 Å². The number of alkyl halides is 3. The van der Waals surface area contributed by atoms with Crippen LogP contribution >= 0.6 is 0 Å². The summed E-state index contributed by atoms with van der Waals surface area (Å²) in [6, 6.07) is 2.61. The summed E-state index contributed by atoms with van der Waals surface area (Å²) in [5.41, 5.74) is -0.348. The molecule has 0 radical (unpaired) electrons. The zero-order valence-electron chi connectivity index (χ0n) is 9.17. The lowest BCUT2D eigenvalue weighted by atomic mass is 10.3. The third-order valence-corrected chi connectivity index (χ3v) is 2.17. The van der Waals surface area contributed by atoms with Crippen LogP contribution < -0.4 is 10.2 Å². The molecule has 0 spiro atoms. The van der Waals surface area contributed by atoms with Crippen LogP contribution in [0, 0.1) is 0 Å². The first-order chi connectivity index (χ1) is 7.45. The minimum atomic E-state index is -4.39. The van der Waals surface area contributed by atoms with Gasteiger partial charge in [-0.2, -0.15) is 13.2 Å². The Bertz CT molecular complexity index is 338. The lowest BCUT2D eigenvalue weighted by Gasteiger charge is -2.19. The van der Waals surface area contributed by atoms with Crippen molar-refractivity contribution in [3.8, 4) is 0 Å². The van der Waals surface area contributed by atoms with Crippen molar-refractivity contribution >= 4 is 5.69 Å². The summed E-state index contributed by atoms with van der Waals surface area (Å²) in [4.78, 5) is 5.05. The molecular formula is C10H14F3N3. The number of nitrogens with zero attached hydrogens (tertiary/aromatic N) is 2. The second kappa shape index (κ2) is 5.16. The molecule has 1 aromatic rings. The van der Waals surface area contributed by atoms with E-state index >= 15 is 0 Å². The van der Waals surface area contributed by atoms with E-state index < -0.39 is 11.9 Å². The normalized spacial score (nSPS) is 11.6. The van der Waals surface area contributed by atoms with Gasteiger partial charge in [-0.25, -0.2) is 0 Å². The van der Waals surface area contributed by atoms with Crippen molar-refractivity contribution in [2.75, 3.05) is 32.1 Å². The topological polar surface area (TPSA) is 28.2 Å². The molecule has 6 heteroatoms. The molecule has 0 unspecified atom stereocenters. The number of hydrogen-bond acceptors (Lipinski definition) is 3. The fraction of sp³-hybridized carbons (Fsp3) is 0.500. The predicted molar refractivity (Wildman–Crippen MR) is 56.4 cm³/mol. The summed E-state index contributed by atoms with van der Waals surface area (Å²) in [5.74, 6) is 0. The van der Waals surface area contributed by atoms with E-state index in [1.54, 1.807) is 25.1 Å². The average molecular weight is 233 g/mol. The summed E-state index contributed by atoms with van der Waals surface area (Å²) in [5, 5.41) is 2.93. The molecular weight excluding hydrogens is 219 g/mol. The Balaban J connectivity index is 2.82. The number of halogens is 3. The molecule has 90 valence electrons. The van der Waals surface area contributed by atoms with Crippen LogP contribution in [0.15, 0.2) is 18.3 Å². The highest BCUT2D eigenvalue weighted by molar-refractivity contribution is 5.46. The molecule has 0 amide bonds. The van der Waals surface area contributed by atoms with Crippen LogP contribution in [-0.2, 0) is 6.18 Å². The highest BCUT2D eigenvalue weighted by Crippen LogP contribution is 2.29. The third-order valence-electron chi connectivity index (χ3n) is 2.17. The molecule has 0 saturated heterocycles. The Morgan fingerprint density at radius 3 is 2.69 bits per heavy atom. The maximum Gasteiger partial charge on any atom is 0.433 e. The number of likely N-dealkylation sites (N-methyl/N-ethyl adjacent to an activating group) is 2. The molecule has 0 aromatic carbocycles. The number of rotatable bonds is 4. The van der Waals surface area contributed by atoms with E-state index in [1.165, 1.54) is 6.20 Å². The van der Waals surface area contributed by atoms with E-state index in [-0.39, 0.29) is 0 Å². The Morgan fingerprint density at radius 2 is 2.12 bits per heavy atom. The third kappa shape index (κ3) is 3.37. The van der Waals surface area contributed by atoms with Crippen molar-refractivity contribution in [2.45, 2.75) is 6.18 Å². The molecule has 0 aliphatic heterocycles. The molecule has 0 bridgehead atoms. The number of anilines is 1. The minimum absolute atomic E-state index is 0.512. The van der Waals surface area contributed by atoms with Crippen molar-refractivity contribution in [1.29, 1.82) is 0 Å². The first-order valence-electron chi connectivity index (χ1n) is 4.84. The summed E-state index contributed by atoms with van der Waals surface area (Å²) >= 11 is 0. The van der Waals surface area contributed by atoms with E-state index in [9.17, 15) is 13.2 Å². The van der Waals surface area contributed by atoms with Gasteiger partial charge in [-0.15, -0.1) is 0 Å². The highest BCUT2D eigenvalue weighted by atomic mass is 19.4. The molecule has 1 heterocycles. The van der Waals surface area contributed by atoms with Gasteiger partial charge in [0.1, 0.15) is 5.69 Å². The number of hydrogen-bond donors (Lipinski definition) is 1. The zero-order valence-corrected chi connectivity index (χ0v) is 9.17. The predicted octanol–water partition coefficient (Wildman–Crippen LogP) is 1.76. The molecule has 1 rings (SSSR count). The SMILES string of the molecule is CNCCN(C)c1ccnc(C(F)(F)F)c1. The fourth-order valence-electron chi connectivity index (χ4n) is 1.22. The van der Waals surface area contributed by atoms with Gasteiger partial charge in [-0.05, 0) is 19.2 Å². The number of pyridine rings is 1. The van der Waals surface area contributed by atoms with E-state index in [2.05, 4.69) is 10.3 Å². The highest BCUT2D eigenvalue weighted by Gasteiger charge is 2.32. The Kier molecular flexibility index (Phi) is 4.12. The van der Waals surface area contributed by atoms with Gasteiger partial charge in [-0.1, -0.05) is 0 Å². The Morgan fingerprint density at radius 1 is 1.44 bits per heavy atom. The molecule has 0 fully saturated rings. The fourth-order valence-corrected chi connectivity index (χ4v) is 1.22. The summed E-state index contributed by atoms with van der Waals surface area (Å²) in [6.45, 7) is 1.35. The molecule has 0 aliphatic carbocycles. The number of aromatic nitrogens is 1. The number of nitrogens with one attached hydrogen (secondary N) is 1. The van der Waals surface area contributed by atoms with Gasteiger partial charge >= 0.3 is 6.18 Å². The second-order valence-corrected chi connectivity index (χ2v) is 3.42. The molecule has 16 heavy (non-hydrogen) atoms. The van der Waals surface area contributed by atoms with Crippen LogP contribution in [0.2, 0.25) is 0 Å². The van der Waals surface area contributed by atoms with E-state index in [0.717, 1.165) is 6.07 Å². The van der Waals surface area contributed by atoms with E-state index in [4.69, 9.17) is 0 Å². The van der Waals surface area contributed by atoms with Gasteiger partial charge in [0, 0.05) is 32.0 Å². The molecule has 1 aromatic heterocycles. The maximum atomic E-state index is 12.4. The first-order valence-corrected chi connectivity index (χ1v) is 4.84. The second-order valence-electron chi connectivity index (χ2n) is 3.42.